The van der Waals surface area contributed by atoms with E-state index >= 15 is 0 Å². The molecule has 1 aromatic carbocycles. The normalized spacial score (nSPS) is 11.1. The fourth-order valence-corrected chi connectivity index (χ4v) is 2.39. The second-order valence-electron chi connectivity index (χ2n) is 5.00. The van der Waals surface area contributed by atoms with Crippen LogP contribution in [-0.2, 0) is 13.5 Å². The number of nitrogens with zero attached hydrogens (tertiary/aromatic N) is 2. The SMILES string of the molecule is COc1ccc(C(C)C)cc1Cc1ncn(C)c1Br. The zero-order valence-electron chi connectivity index (χ0n) is 11.8. The molecule has 0 aliphatic rings. The first-order valence-electron chi connectivity index (χ1n) is 6.35. The number of hydrogen-bond donors (Lipinski definition) is 0. The Morgan fingerprint density at radius 1 is 1.37 bits per heavy atom. The van der Waals surface area contributed by atoms with Crippen LogP contribution in [0.15, 0.2) is 29.1 Å². The largest absolute Gasteiger partial charge is 0.496 e. The summed E-state index contributed by atoms with van der Waals surface area (Å²) in [7, 11) is 3.68. The van der Waals surface area contributed by atoms with Crippen LogP contribution in [0, 0.1) is 0 Å². The van der Waals surface area contributed by atoms with Gasteiger partial charge in [-0.3, -0.25) is 0 Å². The highest BCUT2D eigenvalue weighted by molar-refractivity contribution is 9.10. The molecule has 0 fully saturated rings. The molecule has 1 aromatic heterocycles. The third-order valence-corrected chi connectivity index (χ3v) is 4.28. The Balaban J connectivity index is 2.37. The predicted octanol–water partition coefficient (Wildman–Crippen LogP) is 3.91. The Morgan fingerprint density at radius 3 is 2.63 bits per heavy atom. The predicted molar refractivity (Wildman–Crippen MR) is 80.8 cm³/mol. The van der Waals surface area contributed by atoms with E-state index in [1.165, 1.54) is 11.1 Å². The lowest BCUT2D eigenvalue weighted by Crippen LogP contribution is -1.98. The number of aromatic nitrogens is 2. The molecule has 0 spiro atoms. The maximum Gasteiger partial charge on any atom is 0.122 e. The van der Waals surface area contributed by atoms with Crippen molar-refractivity contribution in [3.63, 3.8) is 0 Å². The minimum atomic E-state index is 0.511. The molecule has 102 valence electrons. The van der Waals surface area contributed by atoms with Crippen molar-refractivity contribution in [2.75, 3.05) is 7.11 Å². The van der Waals surface area contributed by atoms with Crippen LogP contribution in [0.5, 0.6) is 5.75 Å². The van der Waals surface area contributed by atoms with Crippen LogP contribution in [0.4, 0.5) is 0 Å². The van der Waals surface area contributed by atoms with Crippen LogP contribution in [0.1, 0.15) is 36.6 Å². The molecule has 0 atom stereocenters. The number of ether oxygens (including phenoxy) is 1. The number of methoxy groups -OCH3 is 1. The second kappa shape index (κ2) is 5.78. The summed E-state index contributed by atoms with van der Waals surface area (Å²) in [5.74, 6) is 1.43. The van der Waals surface area contributed by atoms with Crippen molar-refractivity contribution < 1.29 is 4.74 Å². The Hall–Kier alpha value is -1.29. The second-order valence-corrected chi connectivity index (χ2v) is 5.75. The smallest absolute Gasteiger partial charge is 0.122 e. The van der Waals surface area contributed by atoms with E-state index in [0.717, 1.165) is 22.5 Å². The summed E-state index contributed by atoms with van der Waals surface area (Å²) in [6, 6.07) is 6.38. The molecule has 0 aliphatic heterocycles. The topological polar surface area (TPSA) is 27.1 Å². The van der Waals surface area contributed by atoms with Crippen LogP contribution in [0.3, 0.4) is 0 Å². The first kappa shape index (κ1) is 14.1. The first-order chi connectivity index (χ1) is 9.02. The molecule has 3 nitrogen and oxygen atoms in total. The zero-order chi connectivity index (χ0) is 14.0. The van der Waals surface area contributed by atoms with Gasteiger partial charge in [-0.25, -0.2) is 4.98 Å². The zero-order valence-corrected chi connectivity index (χ0v) is 13.4. The molecule has 0 saturated heterocycles. The Kier molecular flexibility index (Phi) is 4.30. The molecule has 0 aliphatic carbocycles. The van der Waals surface area contributed by atoms with E-state index in [9.17, 15) is 0 Å². The van der Waals surface area contributed by atoms with Gasteiger partial charge in [-0.15, -0.1) is 0 Å². The van der Waals surface area contributed by atoms with Gasteiger partial charge in [0.05, 0.1) is 19.1 Å². The van der Waals surface area contributed by atoms with Crippen molar-refractivity contribution in [3.8, 4) is 5.75 Å². The fraction of sp³-hybridized carbons (Fsp3) is 0.400. The van der Waals surface area contributed by atoms with E-state index in [4.69, 9.17) is 4.74 Å². The van der Waals surface area contributed by atoms with Crippen LogP contribution >= 0.6 is 15.9 Å². The number of hydrogen-bond acceptors (Lipinski definition) is 2. The standard InChI is InChI=1S/C15H19BrN2O/c1-10(2)11-5-6-14(19-4)12(7-11)8-13-15(16)18(3)9-17-13/h5-7,9-10H,8H2,1-4H3. The van der Waals surface area contributed by atoms with Gasteiger partial charge in [0.1, 0.15) is 10.4 Å². The van der Waals surface area contributed by atoms with Gasteiger partial charge in [0.2, 0.25) is 0 Å². The highest BCUT2D eigenvalue weighted by Crippen LogP contribution is 2.27. The highest BCUT2D eigenvalue weighted by Gasteiger charge is 2.12. The summed E-state index contributed by atoms with van der Waals surface area (Å²) in [6.07, 6.45) is 2.59. The lowest BCUT2D eigenvalue weighted by Gasteiger charge is -2.12. The summed E-state index contributed by atoms with van der Waals surface area (Å²) in [5, 5.41) is 0. The van der Waals surface area contributed by atoms with E-state index in [-0.39, 0.29) is 0 Å². The molecule has 19 heavy (non-hydrogen) atoms. The monoisotopic (exact) mass is 322 g/mol. The molecule has 4 heteroatoms. The van der Waals surface area contributed by atoms with E-state index < -0.39 is 0 Å². The quantitative estimate of drug-likeness (QED) is 0.853. The van der Waals surface area contributed by atoms with Crippen molar-refractivity contribution in [2.45, 2.75) is 26.2 Å². The van der Waals surface area contributed by atoms with Crippen LogP contribution < -0.4 is 4.74 Å². The van der Waals surface area contributed by atoms with Gasteiger partial charge in [0.25, 0.3) is 0 Å². The van der Waals surface area contributed by atoms with Gasteiger partial charge in [-0.2, -0.15) is 0 Å². The van der Waals surface area contributed by atoms with E-state index in [0.29, 0.717) is 5.92 Å². The Morgan fingerprint density at radius 2 is 2.11 bits per heavy atom. The highest BCUT2D eigenvalue weighted by atomic mass is 79.9. The van der Waals surface area contributed by atoms with Crippen molar-refractivity contribution >= 4 is 15.9 Å². The first-order valence-corrected chi connectivity index (χ1v) is 7.14. The van der Waals surface area contributed by atoms with Crippen molar-refractivity contribution in [2.24, 2.45) is 7.05 Å². The lowest BCUT2D eigenvalue weighted by molar-refractivity contribution is 0.410. The van der Waals surface area contributed by atoms with E-state index in [1.54, 1.807) is 7.11 Å². The third-order valence-electron chi connectivity index (χ3n) is 3.26. The summed E-state index contributed by atoms with van der Waals surface area (Å²) in [4.78, 5) is 4.42. The lowest BCUT2D eigenvalue weighted by atomic mass is 9.98. The third kappa shape index (κ3) is 3.00. The van der Waals surface area contributed by atoms with Gasteiger partial charge in [-0.1, -0.05) is 26.0 Å². The maximum absolute atomic E-state index is 5.45. The Bertz CT molecular complexity index is 576. The maximum atomic E-state index is 5.45. The number of halogens is 1. The molecule has 0 amide bonds. The molecular formula is C15H19BrN2O. The van der Waals surface area contributed by atoms with E-state index in [1.807, 2.05) is 24.0 Å². The summed E-state index contributed by atoms with van der Waals surface area (Å²) >= 11 is 3.56. The number of rotatable bonds is 4. The van der Waals surface area contributed by atoms with Gasteiger partial charge in [-0.05, 0) is 33.5 Å². The number of benzene rings is 1. The summed E-state index contributed by atoms with van der Waals surface area (Å²) < 4.78 is 8.43. The number of aryl methyl sites for hydroxylation is 1. The fourth-order valence-electron chi connectivity index (χ4n) is 2.06. The minimum absolute atomic E-state index is 0.511. The van der Waals surface area contributed by atoms with Gasteiger partial charge >= 0.3 is 0 Å². The number of imidazole rings is 1. The average Bonchev–Trinajstić information content (AvgIpc) is 2.70. The van der Waals surface area contributed by atoms with Crippen LogP contribution in [-0.4, -0.2) is 16.7 Å². The van der Waals surface area contributed by atoms with Gasteiger partial charge < -0.3 is 9.30 Å². The molecule has 0 unspecified atom stereocenters. The van der Waals surface area contributed by atoms with Crippen molar-refractivity contribution in [1.82, 2.24) is 9.55 Å². The molecule has 2 aromatic rings. The van der Waals surface area contributed by atoms with Gasteiger partial charge in [0.15, 0.2) is 0 Å². The molecular weight excluding hydrogens is 304 g/mol. The Labute approximate surface area is 122 Å². The van der Waals surface area contributed by atoms with E-state index in [2.05, 4.69) is 46.9 Å². The van der Waals surface area contributed by atoms with Gasteiger partial charge in [0, 0.05) is 19.0 Å². The molecule has 0 radical (unpaired) electrons. The molecule has 0 N–H and O–H groups in total. The molecule has 0 saturated carbocycles. The van der Waals surface area contributed by atoms with Crippen LogP contribution in [0.2, 0.25) is 0 Å². The minimum Gasteiger partial charge on any atom is -0.496 e. The van der Waals surface area contributed by atoms with Crippen molar-refractivity contribution in [1.29, 1.82) is 0 Å². The summed E-state index contributed by atoms with van der Waals surface area (Å²) in [6.45, 7) is 4.39. The molecule has 2 rings (SSSR count). The van der Waals surface area contributed by atoms with Crippen LogP contribution in [0.25, 0.3) is 0 Å². The molecule has 0 bridgehead atoms. The molecule has 1 heterocycles. The average molecular weight is 323 g/mol. The summed E-state index contributed by atoms with van der Waals surface area (Å²) in [5.41, 5.74) is 3.53. The van der Waals surface area contributed by atoms with Crippen molar-refractivity contribution in [3.05, 3.63) is 46.0 Å².